The maximum atomic E-state index is 12.9. The molecule has 1 aromatic carbocycles. The Labute approximate surface area is 162 Å². The fraction of sp³-hybridized carbons (Fsp3) is 0.421. The van der Waals surface area contributed by atoms with E-state index in [4.69, 9.17) is 4.52 Å². The highest BCUT2D eigenvalue weighted by Gasteiger charge is 2.21. The van der Waals surface area contributed by atoms with E-state index >= 15 is 0 Å². The van der Waals surface area contributed by atoms with Crippen LogP contribution in [0, 0.1) is 6.92 Å². The maximum absolute atomic E-state index is 12.9. The number of rotatable bonds is 9. The molecule has 2 rings (SSSR count). The lowest BCUT2D eigenvalue weighted by molar-refractivity contribution is -0.117. The molecule has 1 heterocycles. The minimum Gasteiger partial charge on any atom is -0.360 e. The lowest BCUT2D eigenvalue weighted by Crippen LogP contribution is -2.39. The number of aryl methyl sites for hydroxylation is 1. The number of nitrogens with zero attached hydrogens (tertiary/aromatic N) is 2. The summed E-state index contributed by atoms with van der Waals surface area (Å²) in [5.74, 6) is 0.502. The molecule has 0 spiro atoms. The SMILES string of the molecule is CCCCCCN(CC(=O)Nc1cc(C)on1)C(=O)c1ccccc1Br. The van der Waals surface area contributed by atoms with Crippen LogP contribution < -0.4 is 5.32 Å². The minimum atomic E-state index is -0.297. The number of aromatic nitrogens is 1. The van der Waals surface area contributed by atoms with E-state index in [1.165, 1.54) is 0 Å². The van der Waals surface area contributed by atoms with Gasteiger partial charge in [0.1, 0.15) is 12.3 Å². The first kappa shape index (κ1) is 20.2. The zero-order valence-corrected chi connectivity index (χ0v) is 16.7. The lowest BCUT2D eigenvalue weighted by Gasteiger charge is -2.22. The number of carbonyl (C=O) groups excluding carboxylic acids is 2. The maximum Gasteiger partial charge on any atom is 0.255 e. The molecule has 0 radical (unpaired) electrons. The minimum absolute atomic E-state index is 0.0296. The zero-order chi connectivity index (χ0) is 18.9. The van der Waals surface area contributed by atoms with E-state index in [1.807, 2.05) is 18.2 Å². The standard InChI is InChI=1S/C19H24BrN3O3/c1-3-4-5-8-11-23(19(25)15-9-6-7-10-16(15)20)13-18(24)21-17-12-14(2)26-22-17/h6-7,9-10,12H,3-5,8,11,13H2,1-2H3,(H,21,22,24). The summed E-state index contributed by atoms with van der Waals surface area (Å²) in [5.41, 5.74) is 0.549. The smallest absolute Gasteiger partial charge is 0.255 e. The highest BCUT2D eigenvalue weighted by atomic mass is 79.9. The average molecular weight is 422 g/mol. The van der Waals surface area contributed by atoms with Crippen LogP contribution in [0.4, 0.5) is 5.82 Å². The summed E-state index contributed by atoms with van der Waals surface area (Å²) in [5, 5.41) is 6.42. The van der Waals surface area contributed by atoms with Gasteiger partial charge in [0.05, 0.1) is 5.56 Å². The summed E-state index contributed by atoms with van der Waals surface area (Å²) in [4.78, 5) is 26.8. The Morgan fingerprint density at radius 2 is 2.00 bits per heavy atom. The van der Waals surface area contributed by atoms with Crippen molar-refractivity contribution in [3.05, 3.63) is 46.1 Å². The Morgan fingerprint density at radius 1 is 1.23 bits per heavy atom. The van der Waals surface area contributed by atoms with Crippen LogP contribution in [0.25, 0.3) is 0 Å². The second-order valence-electron chi connectivity index (χ2n) is 6.14. The van der Waals surface area contributed by atoms with Gasteiger partial charge >= 0.3 is 0 Å². The topological polar surface area (TPSA) is 75.4 Å². The Balaban J connectivity index is 2.05. The fourth-order valence-electron chi connectivity index (χ4n) is 2.57. The van der Waals surface area contributed by atoms with Crippen molar-refractivity contribution in [1.29, 1.82) is 0 Å². The molecule has 0 saturated heterocycles. The molecule has 26 heavy (non-hydrogen) atoms. The van der Waals surface area contributed by atoms with Gasteiger partial charge in [-0.1, -0.05) is 43.5 Å². The third-order valence-electron chi connectivity index (χ3n) is 3.90. The van der Waals surface area contributed by atoms with Crippen molar-refractivity contribution < 1.29 is 14.1 Å². The quantitative estimate of drug-likeness (QED) is 0.608. The molecule has 0 aliphatic carbocycles. The Kier molecular flexibility index (Phi) is 7.84. The summed E-state index contributed by atoms with van der Waals surface area (Å²) in [6, 6.07) is 8.88. The van der Waals surface area contributed by atoms with Crippen molar-refractivity contribution >= 4 is 33.6 Å². The molecule has 0 fully saturated rings. The first-order chi connectivity index (χ1) is 12.5. The Morgan fingerprint density at radius 3 is 2.65 bits per heavy atom. The highest BCUT2D eigenvalue weighted by molar-refractivity contribution is 9.10. The van der Waals surface area contributed by atoms with Gasteiger partial charge in [-0.25, -0.2) is 0 Å². The first-order valence-corrected chi connectivity index (χ1v) is 9.57. The van der Waals surface area contributed by atoms with Crippen molar-refractivity contribution in [2.45, 2.75) is 39.5 Å². The Hall–Kier alpha value is -2.15. The number of carbonyl (C=O) groups is 2. The molecule has 1 N–H and O–H groups in total. The molecule has 0 bridgehead atoms. The van der Waals surface area contributed by atoms with Gasteiger partial charge in [-0.2, -0.15) is 0 Å². The second kappa shape index (κ2) is 10.1. The van der Waals surface area contributed by atoms with Gasteiger partial charge in [-0.15, -0.1) is 0 Å². The summed E-state index contributed by atoms with van der Waals surface area (Å²) < 4.78 is 5.66. The normalized spacial score (nSPS) is 10.6. The predicted octanol–water partition coefficient (Wildman–Crippen LogP) is 4.41. The second-order valence-corrected chi connectivity index (χ2v) is 6.99. The number of nitrogens with one attached hydrogen (secondary N) is 1. The molecule has 2 amide bonds. The van der Waals surface area contributed by atoms with Gasteiger partial charge in [0, 0.05) is 17.1 Å². The van der Waals surface area contributed by atoms with E-state index < -0.39 is 0 Å². The predicted molar refractivity (Wildman–Crippen MR) is 104 cm³/mol. The average Bonchev–Trinajstić information content (AvgIpc) is 3.02. The molecule has 2 aromatic rings. The van der Waals surface area contributed by atoms with Crippen LogP contribution in [0.1, 0.15) is 48.7 Å². The molecule has 0 aliphatic heterocycles. The molecule has 140 valence electrons. The van der Waals surface area contributed by atoms with Gasteiger partial charge in [-0.05, 0) is 41.4 Å². The van der Waals surface area contributed by atoms with Gasteiger partial charge < -0.3 is 14.7 Å². The number of anilines is 1. The number of hydrogen-bond donors (Lipinski definition) is 1. The number of unbranched alkanes of at least 4 members (excludes halogenated alkanes) is 3. The number of halogens is 1. The first-order valence-electron chi connectivity index (χ1n) is 8.78. The fourth-order valence-corrected chi connectivity index (χ4v) is 3.02. The zero-order valence-electron chi connectivity index (χ0n) is 15.1. The van der Waals surface area contributed by atoms with Gasteiger partial charge in [0.25, 0.3) is 5.91 Å². The molecule has 0 aliphatic rings. The van der Waals surface area contributed by atoms with Gasteiger partial charge in [0.15, 0.2) is 5.82 Å². The van der Waals surface area contributed by atoms with Gasteiger partial charge in [0.2, 0.25) is 5.91 Å². The third-order valence-corrected chi connectivity index (χ3v) is 4.59. The van der Waals surface area contributed by atoms with Crippen LogP contribution in [-0.2, 0) is 4.79 Å². The lowest BCUT2D eigenvalue weighted by atomic mass is 10.1. The molecule has 1 aromatic heterocycles. The van der Waals surface area contributed by atoms with Crippen molar-refractivity contribution in [3.8, 4) is 0 Å². The van der Waals surface area contributed by atoms with E-state index in [0.717, 1.165) is 30.2 Å². The molecule has 0 saturated carbocycles. The number of benzene rings is 1. The summed E-state index contributed by atoms with van der Waals surface area (Å²) in [7, 11) is 0. The van der Waals surface area contributed by atoms with Crippen LogP contribution in [0.15, 0.2) is 39.3 Å². The summed E-state index contributed by atoms with van der Waals surface area (Å²) >= 11 is 3.41. The number of hydrogen-bond acceptors (Lipinski definition) is 4. The molecular weight excluding hydrogens is 398 g/mol. The van der Waals surface area contributed by atoms with Crippen LogP contribution in [0.3, 0.4) is 0 Å². The van der Waals surface area contributed by atoms with Crippen LogP contribution >= 0.6 is 15.9 Å². The van der Waals surface area contributed by atoms with Crippen LogP contribution in [0.2, 0.25) is 0 Å². The Bertz CT molecular complexity index is 745. The van der Waals surface area contributed by atoms with E-state index in [2.05, 4.69) is 33.3 Å². The van der Waals surface area contributed by atoms with Crippen molar-refractivity contribution in [1.82, 2.24) is 10.1 Å². The van der Waals surface area contributed by atoms with Crippen molar-refractivity contribution in [2.24, 2.45) is 0 Å². The van der Waals surface area contributed by atoms with E-state index in [0.29, 0.717) is 23.7 Å². The summed E-state index contributed by atoms with van der Waals surface area (Å²) in [6.07, 6.45) is 4.12. The van der Waals surface area contributed by atoms with Crippen LogP contribution in [0.5, 0.6) is 0 Å². The van der Waals surface area contributed by atoms with Crippen molar-refractivity contribution in [2.75, 3.05) is 18.4 Å². The molecule has 0 unspecified atom stereocenters. The van der Waals surface area contributed by atoms with Crippen molar-refractivity contribution in [3.63, 3.8) is 0 Å². The van der Waals surface area contributed by atoms with Gasteiger partial charge in [-0.3, -0.25) is 9.59 Å². The molecule has 0 atom stereocenters. The van der Waals surface area contributed by atoms with E-state index in [-0.39, 0.29) is 18.4 Å². The molecule has 7 heteroatoms. The van der Waals surface area contributed by atoms with E-state index in [9.17, 15) is 9.59 Å². The highest BCUT2D eigenvalue weighted by Crippen LogP contribution is 2.18. The number of amides is 2. The third kappa shape index (κ3) is 5.98. The monoisotopic (exact) mass is 421 g/mol. The van der Waals surface area contributed by atoms with E-state index in [1.54, 1.807) is 24.0 Å². The molecule has 6 nitrogen and oxygen atoms in total. The largest absolute Gasteiger partial charge is 0.360 e. The summed E-state index contributed by atoms with van der Waals surface area (Å²) in [6.45, 7) is 4.39. The van der Waals surface area contributed by atoms with Crippen LogP contribution in [-0.4, -0.2) is 35.0 Å². The molecular formula is C19H24BrN3O3.